The quantitative estimate of drug-likeness (QED) is 0.668. The Morgan fingerprint density at radius 3 is 2.75 bits per heavy atom. The summed E-state index contributed by atoms with van der Waals surface area (Å²) in [6.45, 7) is 0.0236. The third-order valence-electron chi connectivity index (χ3n) is 2.56. The molecular weight excluding hydrogens is 265 g/mol. The second-order valence-corrected chi connectivity index (χ2v) is 4.13. The Hall–Kier alpha value is -1.99. The molecule has 0 saturated carbocycles. The number of anilines is 1. The Morgan fingerprint density at radius 2 is 2.15 bits per heavy atom. The number of hydrogen-bond acceptors (Lipinski definition) is 4. The van der Waals surface area contributed by atoms with E-state index in [9.17, 15) is 14.0 Å². The molecule has 1 unspecified atom stereocenters. The Balaban J connectivity index is 2.34. The van der Waals surface area contributed by atoms with Crippen molar-refractivity contribution in [3.63, 3.8) is 0 Å². The van der Waals surface area contributed by atoms with E-state index in [0.717, 1.165) is 0 Å². The summed E-state index contributed by atoms with van der Waals surface area (Å²) in [7, 11) is 1.46. The van der Waals surface area contributed by atoms with Gasteiger partial charge in [-0.1, -0.05) is 6.07 Å². The summed E-state index contributed by atoms with van der Waals surface area (Å²) < 4.78 is 17.9. The first-order chi connectivity index (χ1) is 9.55. The molecule has 1 aromatic rings. The number of amides is 2. The van der Waals surface area contributed by atoms with Crippen molar-refractivity contribution in [2.75, 3.05) is 25.5 Å². The van der Waals surface area contributed by atoms with Crippen LogP contribution in [0.2, 0.25) is 0 Å². The Kier molecular flexibility index (Phi) is 6.61. The minimum atomic E-state index is -0.447. The highest BCUT2D eigenvalue weighted by atomic mass is 19.1. The number of nitrogens with two attached hydrogens (primary N) is 1. The molecule has 0 heterocycles. The molecule has 110 valence electrons. The van der Waals surface area contributed by atoms with Crippen LogP contribution in [0.4, 0.5) is 10.1 Å². The number of hydrogen-bond donors (Lipinski definition) is 3. The van der Waals surface area contributed by atoms with E-state index in [1.54, 1.807) is 6.07 Å². The molecule has 0 aliphatic heterocycles. The van der Waals surface area contributed by atoms with Crippen LogP contribution in [-0.2, 0) is 14.3 Å². The summed E-state index contributed by atoms with van der Waals surface area (Å²) in [6.07, 6.45) is -0.290. The van der Waals surface area contributed by atoms with E-state index < -0.39 is 11.7 Å². The molecule has 0 spiro atoms. The number of benzene rings is 1. The molecule has 0 saturated heterocycles. The zero-order valence-corrected chi connectivity index (χ0v) is 11.2. The number of carbonyl (C=O) groups excluding carboxylic acids is 2. The largest absolute Gasteiger partial charge is 0.380 e. The standard InChI is InChI=1S/C13H18FN3O3/c1-20-11(7-15)6-12(18)16-8-13(19)17-10-4-2-3-9(14)5-10/h2-5,11H,6-8,15H2,1H3,(H,16,18)(H,17,19). The number of rotatable bonds is 7. The fourth-order valence-electron chi connectivity index (χ4n) is 1.49. The zero-order chi connectivity index (χ0) is 15.0. The lowest BCUT2D eigenvalue weighted by Crippen LogP contribution is -2.36. The molecule has 2 amide bonds. The van der Waals surface area contributed by atoms with Gasteiger partial charge in [-0.2, -0.15) is 0 Å². The van der Waals surface area contributed by atoms with Crippen LogP contribution in [-0.4, -0.2) is 38.1 Å². The summed E-state index contributed by atoms with van der Waals surface area (Å²) >= 11 is 0. The number of carbonyl (C=O) groups is 2. The van der Waals surface area contributed by atoms with Gasteiger partial charge in [0.05, 0.1) is 19.1 Å². The first-order valence-corrected chi connectivity index (χ1v) is 6.10. The molecule has 1 rings (SSSR count). The maximum Gasteiger partial charge on any atom is 0.243 e. The molecule has 0 radical (unpaired) electrons. The van der Waals surface area contributed by atoms with Gasteiger partial charge in [-0.3, -0.25) is 9.59 Å². The second-order valence-electron chi connectivity index (χ2n) is 4.13. The van der Waals surface area contributed by atoms with E-state index in [1.807, 2.05) is 0 Å². The fourth-order valence-corrected chi connectivity index (χ4v) is 1.49. The lowest BCUT2D eigenvalue weighted by atomic mass is 10.2. The van der Waals surface area contributed by atoms with Gasteiger partial charge < -0.3 is 21.1 Å². The van der Waals surface area contributed by atoms with Crippen molar-refractivity contribution < 1.29 is 18.7 Å². The smallest absolute Gasteiger partial charge is 0.243 e. The molecule has 0 fully saturated rings. The van der Waals surface area contributed by atoms with Crippen LogP contribution in [0.3, 0.4) is 0 Å². The third kappa shape index (κ3) is 5.77. The molecule has 0 aliphatic rings. The van der Waals surface area contributed by atoms with Gasteiger partial charge >= 0.3 is 0 Å². The third-order valence-corrected chi connectivity index (χ3v) is 2.56. The molecule has 20 heavy (non-hydrogen) atoms. The van der Waals surface area contributed by atoms with E-state index in [1.165, 1.54) is 25.3 Å². The van der Waals surface area contributed by atoms with Crippen molar-refractivity contribution in [1.29, 1.82) is 0 Å². The molecule has 0 bridgehead atoms. The van der Waals surface area contributed by atoms with Gasteiger partial charge in [-0.05, 0) is 18.2 Å². The zero-order valence-electron chi connectivity index (χ0n) is 11.2. The van der Waals surface area contributed by atoms with Crippen molar-refractivity contribution >= 4 is 17.5 Å². The summed E-state index contributed by atoms with van der Waals surface area (Å²) in [5, 5.41) is 4.91. The predicted octanol–water partition coefficient (Wildman–Crippen LogP) is 0.244. The average Bonchev–Trinajstić information content (AvgIpc) is 2.42. The van der Waals surface area contributed by atoms with Crippen LogP contribution < -0.4 is 16.4 Å². The van der Waals surface area contributed by atoms with Crippen LogP contribution in [0.1, 0.15) is 6.42 Å². The average molecular weight is 283 g/mol. The van der Waals surface area contributed by atoms with Crippen LogP contribution in [0, 0.1) is 5.82 Å². The Morgan fingerprint density at radius 1 is 1.40 bits per heavy atom. The summed E-state index contributed by atoms with van der Waals surface area (Å²) in [4.78, 5) is 23.0. The monoisotopic (exact) mass is 283 g/mol. The maximum absolute atomic E-state index is 12.9. The molecule has 0 aliphatic carbocycles. The van der Waals surface area contributed by atoms with E-state index in [0.29, 0.717) is 5.69 Å². The highest BCUT2D eigenvalue weighted by Gasteiger charge is 2.12. The Bertz CT molecular complexity index is 464. The lowest BCUT2D eigenvalue weighted by Gasteiger charge is -2.12. The number of halogens is 1. The molecule has 4 N–H and O–H groups in total. The van der Waals surface area contributed by atoms with E-state index in [-0.39, 0.29) is 31.5 Å². The van der Waals surface area contributed by atoms with Gasteiger partial charge in [0.2, 0.25) is 11.8 Å². The number of nitrogens with one attached hydrogen (secondary N) is 2. The minimum absolute atomic E-state index is 0.0836. The van der Waals surface area contributed by atoms with Crippen molar-refractivity contribution in [2.45, 2.75) is 12.5 Å². The van der Waals surface area contributed by atoms with Crippen LogP contribution in [0.15, 0.2) is 24.3 Å². The predicted molar refractivity (Wildman–Crippen MR) is 72.5 cm³/mol. The highest BCUT2D eigenvalue weighted by molar-refractivity contribution is 5.94. The van der Waals surface area contributed by atoms with E-state index in [2.05, 4.69) is 10.6 Å². The van der Waals surface area contributed by atoms with Gasteiger partial charge in [0, 0.05) is 19.3 Å². The SMILES string of the molecule is COC(CN)CC(=O)NCC(=O)Nc1cccc(F)c1. The maximum atomic E-state index is 12.9. The van der Waals surface area contributed by atoms with Crippen molar-refractivity contribution in [3.8, 4) is 0 Å². The van der Waals surface area contributed by atoms with Gasteiger partial charge in [-0.25, -0.2) is 4.39 Å². The normalized spacial score (nSPS) is 11.8. The summed E-state index contributed by atoms with van der Waals surface area (Å²) in [5.41, 5.74) is 5.72. The Labute approximate surface area is 116 Å². The summed E-state index contributed by atoms with van der Waals surface area (Å²) in [6, 6.07) is 5.50. The van der Waals surface area contributed by atoms with Crippen LogP contribution in [0.5, 0.6) is 0 Å². The van der Waals surface area contributed by atoms with Gasteiger partial charge in [0.15, 0.2) is 0 Å². The first kappa shape index (κ1) is 16.1. The van der Waals surface area contributed by atoms with Crippen LogP contribution >= 0.6 is 0 Å². The lowest BCUT2D eigenvalue weighted by molar-refractivity contribution is -0.125. The van der Waals surface area contributed by atoms with Crippen molar-refractivity contribution in [2.24, 2.45) is 5.73 Å². The molecule has 1 aromatic carbocycles. The van der Waals surface area contributed by atoms with E-state index >= 15 is 0 Å². The topological polar surface area (TPSA) is 93.4 Å². The molecule has 6 nitrogen and oxygen atoms in total. The van der Waals surface area contributed by atoms with Crippen LogP contribution in [0.25, 0.3) is 0 Å². The number of ether oxygens (including phenoxy) is 1. The molecule has 7 heteroatoms. The van der Waals surface area contributed by atoms with Crippen molar-refractivity contribution in [1.82, 2.24) is 5.32 Å². The minimum Gasteiger partial charge on any atom is -0.380 e. The molecule has 0 aromatic heterocycles. The first-order valence-electron chi connectivity index (χ1n) is 6.10. The molecular formula is C13H18FN3O3. The fraction of sp³-hybridized carbons (Fsp3) is 0.385. The van der Waals surface area contributed by atoms with Gasteiger partial charge in [0.1, 0.15) is 5.82 Å². The molecule has 1 atom stereocenters. The summed E-state index contributed by atoms with van der Waals surface area (Å²) in [5.74, 6) is -1.22. The van der Waals surface area contributed by atoms with Gasteiger partial charge in [0.25, 0.3) is 0 Å². The highest BCUT2D eigenvalue weighted by Crippen LogP contribution is 2.08. The van der Waals surface area contributed by atoms with Gasteiger partial charge in [-0.15, -0.1) is 0 Å². The second kappa shape index (κ2) is 8.23. The number of methoxy groups -OCH3 is 1. The van der Waals surface area contributed by atoms with E-state index in [4.69, 9.17) is 10.5 Å². The van der Waals surface area contributed by atoms with Crippen molar-refractivity contribution in [3.05, 3.63) is 30.1 Å².